The van der Waals surface area contributed by atoms with E-state index in [2.05, 4.69) is 10.2 Å². The molecule has 0 saturated carbocycles. The first kappa shape index (κ1) is 8.05. The monoisotopic (exact) mass is 168 g/mol. The molecule has 2 aliphatic rings. The van der Waals surface area contributed by atoms with Gasteiger partial charge in [-0.3, -0.25) is 9.69 Å². The topological polar surface area (TPSA) is 32.3 Å². The molecule has 2 heterocycles. The number of carbonyl (C=O) groups excluding carboxylic acids is 1. The maximum atomic E-state index is 11.1. The lowest BCUT2D eigenvalue weighted by atomic mass is 10.0. The molecule has 12 heavy (non-hydrogen) atoms. The summed E-state index contributed by atoms with van der Waals surface area (Å²) in [6, 6.07) is 0.630. The van der Waals surface area contributed by atoms with E-state index < -0.39 is 0 Å². The number of carbonyl (C=O) groups is 1. The van der Waals surface area contributed by atoms with Crippen molar-refractivity contribution in [1.29, 1.82) is 0 Å². The fraction of sp³-hybridized carbons (Fsp3) is 0.889. The van der Waals surface area contributed by atoms with Gasteiger partial charge in [-0.2, -0.15) is 0 Å². The fourth-order valence-corrected chi connectivity index (χ4v) is 2.15. The van der Waals surface area contributed by atoms with Crippen LogP contribution in [-0.2, 0) is 4.79 Å². The third-order valence-electron chi connectivity index (χ3n) is 2.91. The lowest BCUT2D eigenvalue weighted by Gasteiger charge is -2.33. The molecular weight excluding hydrogens is 152 g/mol. The Morgan fingerprint density at radius 1 is 1.33 bits per heavy atom. The summed E-state index contributed by atoms with van der Waals surface area (Å²) < 4.78 is 0. The second-order valence-electron chi connectivity index (χ2n) is 3.74. The van der Waals surface area contributed by atoms with Crippen LogP contribution in [0.5, 0.6) is 0 Å². The highest BCUT2D eigenvalue weighted by Crippen LogP contribution is 2.17. The summed E-state index contributed by atoms with van der Waals surface area (Å²) in [4.78, 5) is 13.5. The van der Waals surface area contributed by atoms with Crippen LogP contribution in [0.4, 0.5) is 0 Å². The van der Waals surface area contributed by atoms with Crippen molar-refractivity contribution in [2.75, 3.05) is 19.6 Å². The van der Waals surface area contributed by atoms with E-state index in [-0.39, 0.29) is 5.91 Å². The van der Waals surface area contributed by atoms with Crippen LogP contribution in [0.25, 0.3) is 0 Å². The van der Waals surface area contributed by atoms with Gasteiger partial charge < -0.3 is 5.32 Å². The van der Waals surface area contributed by atoms with Gasteiger partial charge >= 0.3 is 0 Å². The van der Waals surface area contributed by atoms with Crippen LogP contribution in [0.2, 0.25) is 0 Å². The molecule has 0 aromatic heterocycles. The van der Waals surface area contributed by atoms with Crippen LogP contribution in [0.15, 0.2) is 0 Å². The fourth-order valence-electron chi connectivity index (χ4n) is 2.15. The summed E-state index contributed by atoms with van der Waals surface area (Å²) in [7, 11) is 0. The van der Waals surface area contributed by atoms with Crippen LogP contribution in [-0.4, -0.2) is 36.5 Å². The quantitative estimate of drug-likeness (QED) is 0.566. The highest BCUT2D eigenvalue weighted by Gasteiger charge is 2.25. The number of hydrogen-bond acceptors (Lipinski definition) is 2. The Labute approximate surface area is 73.1 Å². The van der Waals surface area contributed by atoms with Crippen molar-refractivity contribution in [2.24, 2.45) is 0 Å². The SMILES string of the molecule is O=C1CCN2CCCCC2CN1. The molecule has 0 radical (unpaired) electrons. The molecule has 2 saturated heterocycles. The molecule has 2 aliphatic heterocycles. The Morgan fingerprint density at radius 2 is 2.25 bits per heavy atom. The van der Waals surface area contributed by atoms with E-state index in [9.17, 15) is 4.79 Å². The van der Waals surface area contributed by atoms with E-state index in [1.54, 1.807) is 0 Å². The third kappa shape index (κ3) is 1.61. The first-order valence-electron chi connectivity index (χ1n) is 4.87. The molecule has 3 nitrogen and oxygen atoms in total. The van der Waals surface area contributed by atoms with Gasteiger partial charge in [0.25, 0.3) is 0 Å². The number of nitrogens with zero attached hydrogens (tertiary/aromatic N) is 1. The van der Waals surface area contributed by atoms with Crippen LogP contribution in [0.1, 0.15) is 25.7 Å². The van der Waals surface area contributed by atoms with Gasteiger partial charge in [0.05, 0.1) is 0 Å². The van der Waals surface area contributed by atoms with Crippen LogP contribution in [0, 0.1) is 0 Å². The Kier molecular flexibility index (Phi) is 2.30. The molecule has 2 rings (SSSR count). The lowest BCUT2D eigenvalue weighted by molar-refractivity contribution is -0.120. The Bertz CT molecular complexity index is 163. The second kappa shape index (κ2) is 3.44. The van der Waals surface area contributed by atoms with Crippen molar-refractivity contribution in [3.05, 3.63) is 0 Å². The second-order valence-corrected chi connectivity index (χ2v) is 3.74. The standard InChI is InChI=1S/C9H16N2O/c12-9-4-6-11-5-2-1-3-8(11)7-10-9/h8H,1-7H2,(H,10,12). The molecule has 1 unspecified atom stereocenters. The predicted molar refractivity (Wildman–Crippen MR) is 46.8 cm³/mol. The Balaban J connectivity index is 1.98. The Morgan fingerprint density at radius 3 is 3.17 bits per heavy atom. The van der Waals surface area contributed by atoms with Crippen LogP contribution in [0.3, 0.4) is 0 Å². The average molecular weight is 168 g/mol. The summed E-state index contributed by atoms with van der Waals surface area (Å²) in [5.41, 5.74) is 0. The minimum Gasteiger partial charge on any atom is -0.354 e. The van der Waals surface area contributed by atoms with Gasteiger partial charge in [0.1, 0.15) is 0 Å². The van der Waals surface area contributed by atoms with Gasteiger partial charge in [0, 0.05) is 25.6 Å². The molecule has 0 aromatic rings. The first-order valence-corrected chi connectivity index (χ1v) is 4.87. The van der Waals surface area contributed by atoms with Gasteiger partial charge in [-0.15, -0.1) is 0 Å². The average Bonchev–Trinajstić information content (AvgIpc) is 2.29. The maximum Gasteiger partial charge on any atom is 0.221 e. The van der Waals surface area contributed by atoms with Crippen molar-refractivity contribution in [3.8, 4) is 0 Å². The van der Waals surface area contributed by atoms with Crippen LogP contribution >= 0.6 is 0 Å². The zero-order chi connectivity index (χ0) is 8.39. The van der Waals surface area contributed by atoms with Gasteiger partial charge in [-0.25, -0.2) is 0 Å². The molecule has 0 spiro atoms. The molecule has 0 aromatic carbocycles. The van der Waals surface area contributed by atoms with Crippen molar-refractivity contribution in [2.45, 2.75) is 31.7 Å². The van der Waals surface area contributed by atoms with E-state index in [0.717, 1.165) is 13.1 Å². The lowest BCUT2D eigenvalue weighted by Crippen LogP contribution is -2.43. The zero-order valence-corrected chi connectivity index (χ0v) is 7.38. The van der Waals surface area contributed by atoms with Crippen molar-refractivity contribution < 1.29 is 4.79 Å². The molecule has 1 amide bonds. The molecule has 0 bridgehead atoms. The summed E-state index contributed by atoms with van der Waals surface area (Å²) in [6.07, 6.45) is 4.60. The number of piperidine rings is 1. The number of amides is 1. The predicted octanol–water partition coefficient (Wildman–Crippen LogP) is 0.361. The summed E-state index contributed by atoms with van der Waals surface area (Å²) in [5.74, 6) is 0.226. The zero-order valence-electron chi connectivity index (χ0n) is 7.38. The van der Waals surface area contributed by atoms with Crippen molar-refractivity contribution >= 4 is 5.91 Å². The molecule has 68 valence electrons. The molecule has 3 heteroatoms. The van der Waals surface area contributed by atoms with E-state index in [0.29, 0.717) is 12.5 Å². The normalized spacial score (nSPS) is 32.0. The van der Waals surface area contributed by atoms with E-state index in [4.69, 9.17) is 0 Å². The van der Waals surface area contributed by atoms with Crippen LogP contribution < -0.4 is 5.32 Å². The third-order valence-corrected chi connectivity index (χ3v) is 2.91. The smallest absolute Gasteiger partial charge is 0.221 e. The molecule has 1 N–H and O–H groups in total. The highest BCUT2D eigenvalue weighted by atomic mass is 16.1. The van der Waals surface area contributed by atoms with Gasteiger partial charge in [0.15, 0.2) is 0 Å². The van der Waals surface area contributed by atoms with Crippen molar-refractivity contribution in [1.82, 2.24) is 10.2 Å². The number of nitrogens with one attached hydrogen (secondary N) is 1. The first-order chi connectivity index (χ1) is 5.86. The van der Waals surface area contributed by atoms with E-state index in [1.807, 2.05) is 0 Å². The minimum atomic E-state index is 0.226. The Hall–Kier alpha value is -0.570. The maximum absolute atomic E-state index is 11.1. The summed E-state index contributed by atoms with van der Waals surface area (Å²) >= 11 is 0. The molecule has 0 aliphatic carbocycles. The van der Waals surface area contributed by atoms with Gasteiger partial charge in [-0.05, 0) is 19.4 Å². The van der Waals surface area contributed by atoms with Crippen molar-refractivity contribution in [3.63, 3.8) is 0 Å². The van der Waals surface area contributed by atoms with E-state index in [1.165, 1.54) is 25.8 Å². The van der Waals surface area contributed by atoms with Gasteiger partial charge in [-0.1, -0.05) is 6.42 Å². The molecular formula is C9H16N2O. The number of rotatable bonds is 0. The minimum absolute atomic E-state index is 0.226. The number of fused-ring (bicyclic) bond motifs is 1. The highest BCUT2D eigenvalue weighted by molar-refractivity contribution is 5.76. The molecule has 1 atom stereocenters. The molecule has 2 fully saturated rings. The summed E-state index contributed by atoms with van der Waals surface area (Å²) in [6.45, 7) is 3.04. The largest absolute Gasteiger partial charge is 0.354 e. The van der Waals surface area contributed by atoms with Gasteiger partial charge in [0.2, 0.25) is 5.91 Å². The number of hydrogen-bond donors (Lipinski definition) is 1. The summed E-state index contributed by atoms with van der Waals surface area (Å²) in [5, 5.41) is 2.96. The van der Waals surface area contributed by atoms with E-state index >= 15 is 0 Å².